The van der Waals surface area contributed by atoms with Crippen LogP contribution in [0.1, 0.15) is 41.8 Å². The molecule has 8 heteroatoms. The van der Waals surface area contributed by atoms with Gasteiger partial charge in [0.05, 0.1) is 11.1 Å². The van der Waals surface area contributed by atoms with Gasteiger partial charge in [-0.3, -0.25) is 0 Å². The third kappa shape index (κ3) is 3.36. The minimum Gasteiger partial charge on any atom is -0.449 e. The van der Waals surface area contributed by atoms with Crippen molar-refractivity contribution in [3.8, 4) is 11.5 Å². The number of hydrogen-bond acceptors (Lipinski definition) is 7. The van der Waals surface area contributed by atoms with E-state index in [2.05, 4.69) is 20.5 Å². The molecule has 0 spiro atoms. The summed E-state index contributed by atoms with van der Waals surface area (Å²) in [6, 6.07) is 12.9. The number of hydrogen-bond donors (Lipinski definition) is 0. The molecule has 0 saturated carbocycles. The highest BCUT2D eigenvalue weighted by Crippen LogP contribution is 2.24. The Kier molecular flexibility index (Phi) is 4.60. The highest BCUT2D eigenvalue weighted by Gasteiger charge is 2.20. The third-order valence-electron chi connectivity index (χ3n) is 4.42. The van der Waals surface area contributed by atoms with Crippen molar-refractivity contribution in [2.75, 3.05) is 0 Å². The fourth-order valence-corrected chi connectivity index (χ4v) is 2.82. The Hall–Kier alpha value is -3.55. The van der Waals surface area contributed by atoms with Crippen molar-refractivity contribution in [3.63, 3.8) is 0 Å². The van der Waals surface area contributed by atoms with E-state index in [-0.39, 0.29) is 5.89 Å². The Labute approximate surface area is 161 Å². The number of fused-ring (bicyclic) bond motifs is 1. The van der Waals surface area contributed by atoms with E-state index in [0.29, 0.717) is 23.5 Å². The number of aryl methyl sites for hydroxylation is 2. The Morgan fingerprint density at radius 2 is 1.93 bits per heavy atom. The highest BCUT2D eigenvalue weighted by atomic mass is 16.6. The summed E-state index contributed by atoms with van der Waals surface area (Å²) < 4.78 is 12.9. The number of rotatable bonds is 5. The molecule has 2 aromatic carbocycles. The number of nitrogens with zero attached hydrogens (tertiary/aromatic N) is 5. The molecule has 2 aromatic heterocycles. The lowest BCUT2D eigenvalue weighted by Crippen LogP contribution is -2.09. The van der Waals surface area contributed by atoms with Gasteiger partial charge in [0, 0.05) is 12.1 Å². The predicted octanol–water partition coefficient (Wildman–Crippen LogP) is 3.73. The zero-order valence-corrected chi connectivity index (χ0v) is 15.8. The molecule has 4 rings (SSSR count). The average molecular weight is 377 g/mol. The second-order valence-corrected chi connectivity index (χ2v) is 6.47. The molecule has 0 radical (unpaired) electrons. The summed E-state index contributed by atoms with van der Waals surface area (Å²) in [6.07, 6.45) is -0.679. The molecule has 4 aromatic rings. The molecule has 1 atom stereocenters. The molecule has 8 nitrogen and oxygen atoms in total. The zero-order valence-electron chi connectivity index (χ0n) is 15.8. The molecule has 0 N–H and O–H groups in total. The average Bonchev–Trinajstić information content (AvgIpc) is 3.35. The smallest absolute Gasteiger partial charge is 0.338 e. The summed E-state index contributed by atoms with van der Waals surface area (Å²) in [5.41, 5.74) is 3.85. The second kappa shape index (κ2) is 7.22. The molecule has 28 heavy (non-hydrogen) atoms. The first-order valence-corrected chi connectivity index (χ1v) is 9.00. The van der Waals surface area contributed by atoms with Crippen molar-refractivity contribution in [1.82, 2.24) is 25.2 Å². The molecule has 0 saturated heterocycles. The number of carbonyl (C=O) groups excluding carboxylic acids is 1. The maximum atomic E-state index is 12.5. The highest BCUT2D eigenvalue weighted by molar-refractivity contribution is 5.93. The van der Waals surface area contributed by atoms with E-state index in [9.17, 15) is 4.79 Å². The van der Waals surface area contributed by atoms with Gasteiger partial charge >= 0.3 is 5.97 Å². The van der Waals surface area contributed by atoms with Crippen molar-refractivity contribution in [1.29, 1.82) is 0 Å². The van der Waals surface area contributed by atoms with Gasteiger partial charge < -0.3 is 9.15 Å². The van der Waals surface area contributed by atoms with E-state index in [1.807, 2.05) is 44.2 Å². The van der Waals surface area contributed by atoms with Gasteiger partial charge in [0.15, 0.2) is 6.10 Å². The lowest BCUT2D eigenvalue weighted by Gasteiger charge is -2.09. The summed E-state index contributed by atoms with van der Waals surface area (Å²) in [5.74, 6) is 0.132. The fraction of sp³-hybridized carbons (Fsp3) is 0.250. The molecule has 142 valence electrons. The Morgan fingerprint density at radius 3 is 2.68 bits per heavy atom. The Morgan fingerprint density at radius 1 is 1.14 bits per heavy atom. The minimum absolute atomic E-state index is 0.238. The zero-order chi connectivity index (χ0) is 19.7. The summed E-state index contributed by atoms with van der Waals surface area (Å²) in [6.45, 7) is 6.38. The molecule has 0 aliphatic carbocycles. The van der Waals surface area contributed by atoms with Crippen LogP contribution in [-0.4, -0.2) is 31.2 Å². The molecule has 0 bridgehead atoms. The van der Waals surface area contributed by atoms with Crippen molar-refractivity contribution >= 4 is 17.0 Å². The van der Waals surface area contributed by atoms with Gasteiger partial charge in [0.25, 0.3) is 5.89 Å². The van der Waals surface area contributed by atoms with Gasteiger partial charge in [-0.2, -0.15) is 0 Å². The van der Waals surface area contributed by atoms with Crippen LogP contribution in [0.15, 0.2) is 46.9 Å². The van der Waals surface area contributed by atoms with Crippen LogP contribution in [0.3, 0.4) is 0 Å². The fourth-order valence-electron chi connectivity index (χ4n) is 2.82. The molecule has 0 aliphatic rings. The van der Waals surface area contributed by atoms with Gasteiger partial charge in [-0.05, 0) is 51.1 Å². The maximum Gasteiger partial charge on any atom is 0.338 e. The third-order valence-corrected chi connectivity index (χ3v) is 4.42. The van der Waals surface area contributed by atoms with Crippen molar-refractivity contribution < 1.29 is 13.9 Å². The van der Waals surface area contributed by atoms with Gasteiger partial charge in [-0.1, -0.05) is 22.9 Å². The number of benzene rings is 2. The number of esters is 1. The molecular formula is C20H19N5O3. The van der Waals surface area contributed by atoms with E-state index >= 15 is 0 Å². The van der Waals surface area contributed by atoms with E-state index in [1.165, 1.54) is 0 Å². The molecular weight excluding hydrogens is 358 g/mol. The lowest BCUT2D eigenvalue weighted by atomic mass is 10.1. The summed E-state index contributed by atoms with van der Waals surface area (Å²) >= 11 is 0. The summed E-state index contributed by atoms with van der Waals surface area (Å²) in [7, 11) is 0. The second-order valence-electron chi connectivity index (χ2n) is 6.47. The lowest BCUT2D eigenvalue weighted by molar-refractivity contribution is 0.0280. The molecule has 0 fully saturated rings. The molecule has 0 unspecified atom stereocenters. The quantitative estimate of drug-likeness (QED) is 0.489. The molecule has 0 amide bonds. The molecule has 0 aliphatic heterocycles. The topological polar surface area (TPSA) is 95.9 Å². The first kappa shape index (κ1) is 17.8. The van der Waals surface area contributed by atoms with Crippen LogP contribution in [-0.2, 0) is 11.3 Å². The first-order chi connectivity index (χ1) is 13.5. The number of ether oxygens (including phenoxy) is 1. The van der Waals surface area contributed by atoms with Gasteiger partial charge in [0.1, 0.15) is 5.52 Å². The largest absolute Gasteiger partial charge is 0.449 e. The van der Waals surface area contributed by atoms with Crippen LogP contribution in [0.4, 0.5) is 0 Å². The van der Waals surface area contributed by atoms with Gasteiger partial charge in [0.2, 0.25) is 5.89 Å². The monoisotopic (exact) mass is 377 g/mol. The van der Waals surface area contributed by atoms with E-state index in [4.69, 9.17) is 9.15 Å². The van der Waals surface area contributed by atoms with Crippen LogP contribution in [0.2, 0.25) is 0 Å². The van der Waals surface area contributed by atoms with Crippen LogP contribution < -0.4 is 0 Å². The predicted molar refractivity (Wildman–Crippen MR) is 102 cm³/mol. The van der Waals surface area contributed by atoms with E-state index < -0.39 is 12.1 Å². The number of aromatic nitrogens is 5. The van der Waals surface area contributed by atoms with Gasteiger partial charge in [-0.15, -0.1) is 15.3 Å². The first-order valence-electron chi connectivity index (χ1n) is 9.00. The SMILES string of the molecule is CCn1nnc2cc(C(=O)O[C@H](C)c3nnc(-c4ccc(C)cc4)o3)ccc21. The number of carbonyl (C=O) groups is 1. The molecule has 2 heterocycles. The van der Waals surface area contributed by atoms with Gasteiger partial charge in [-0.25, -0.2) is 9.48 Å². The van der Waals surface area contributed by atoms with Crippen LogP contribution in [0.25, 0.3) is 22.5 Å². The van der Waals surface area contributed by atoms with Crippen LogP contribution in [0, 0.1) is 6.92 Å². The summed E-state index contributed by atoms with van der Waals surface area (Å²) in [4.78, 5) is 12.5. The van der Waals surface area contributed by atoms with Crippen LogP contribution in [0.5, 0.6) is 0 Å². The minimum atomic E-state index is -0.679. The van der Waals surface area contributed by atoms with E-state index in [0.717, 1.165) is 16.6 Å². The Balaban J connectivity index is 1.49. The van der Waals surface area contributed by atoms with Crippen LogP contribution >= 0.6 is 0 Å². The van der Waals surface area contributed by atoms with E-state index in [1.54, 1.807) is 23.7 Å². The normalized spacial score (nSPS) is 12.2. The standard InChI is InChI=1S/C20H19N5O3/c1-4-25-17-10-9-15(11-16(17)21-24-25)20(26)27-13(3)18-22-23-19(28-18)14-7-5-12(2)6-8-14/h5-11,13H,4H2,1-3H3/t13-/m1/s1. The summed E-state index contributed by atoms with van der Waals surface area (Å²) in [5, 5.41) is 16.2. The van der Waals surface area contributed by atoms with Crippen molar-refractivity contribution in [2.24, 2.45) is 0 Å². The van der Waals surface area contributed by atoms with Crippen molar-refractivity contribution in [3.05, 3.63) is 59.5 Å². The Bertz CT molecular complexity index is 1130. The maximum absolute atomic E-state index is 12.5. The van der Waals surface area contributed by atoms with Crippen molar-refractivity contribution in [2.45, 2.75) is 33.4 Å².